The molecule has 3 rings (SSSR count). The fourth-order valence-corrected chi connectivity index (χ4v) is 3.69. The zero-order chi connectivity index (χ0) is 22.9. The minimum absolute atomic E-state index is 0.176. The fraction of sp³-hybridized carbons (Fsp3) is 0.308. The second-order valence-corrected chi connectivity index (χ2v) is 7.65. The number of unbranched alkanes of at least 4 members (excludes halogenated alkanes) is 3. The summed E-state index contributed by atoms with van der Waals surface area (Å²) in [5.41, 5.74) is 3.06. The number of amides is 1. The maximum absolute atomic E-state index is 13.1. The monoisotopic (exact) mass is 435 g/mol. The average Bonchev–Trinajstić information content (AvgIpc) is 3.16. The molecule has 6 nitrogen and oxygen atoms in total. The number of aryl methyl sites for hydroxylation is 1. The van der Waals surface area contributed by atoms with E-state index >= 15 is 0 Å². The standard InChI is InChI=1S/C26H29NO5/c1-18-23(26(30)27-17-9-4-3-8-12-22(28)29)24(19-13-15-21(31-2)16-14-19)25(32-18)20-10-6-5-7-11-20/h5-7,10-11,13-16H,3-4,8-9,12,17H2,1-2H3,(H,27,30)(H,28,29). The molecule has 0 aliphatic carbocycles. The highest BCUT2D eigenvalue weighted by Crippen LogP contribution is 2.39. The van der Waals surface area contributed by atoms with Crippen LogP contribution in [-0.4, -0.2) is 30.6 Å². The van der Waals surface area contributed by atoms with E-state index in [9.17, 15) is 9.59 Å². The molecule has 1 amide bonds. The van der Waals surface area contributed by atoms with Crippen LogP contribution >= 0.6 is 0 Å². The van der Waals surface area contributed by atoms with Crippen molar-refractivity contribution in [1.82, 2.24) is 5.32 Å². The molecule has 6 heteroatoms. The highest BCUT2D eigenvalue weighted by Gasteiger charge is 2.25. The van der Waals surface area contributed by atoms with Crippen molar-refractivity contribution in [3.05, 3.63) is 65.9 Å². The topological polar surface area (TPSA) is 88.8 Å². The molecule has 3 aromatic rings. The summed E-state index contributed by atoms with van der Waals surface area (Å²) in [5.74, 6) is 1.02. The summed E-state index contributed by atoms with van der Waals surface area (Å²) in [4.78, 5) is 23.7. The number of nitrogens with one attached hydrogen (secondary N) is 1. The van der Waals surface area contributed by atoms with Gasteiger partial charge in [0.25, 0.3) is 5.91 Å². The number of hydrogen-bond donors (Lipinski definition) is 2. The van der Waals surface area contributed by atoms with Crippen LogP contribution in [0.15, 0.2) is 59.0 Å². The molecule has 2 aromatic carbocycles. The van der Waals surface area contributed by atoms with E-state index in [4.69, 9.17) is 14.3 Å². The van der Waals surface area contributed by atoms with E-state index in [0.717, 1.165) is 41.7 Å². The van der Waals surface area contributed by atoms with E-state index in [0.29, 0.717) is 30.0 Å². The summed E-state index contributed by atoms with van der Waals surface area (Å²) in [6.07, 6.45) is 3.35. The molecule has 0 fully saturated rings. The first kappa shape index (κ1) is 23.1. The third-order valence-corrected chi connectivity index (χ3v) is 5.33. The quantitative estimate of drug-likeness (QED) is 0.377. The Morgan fingerprint density at radius 2 is 1.62 bits per heavy atom. The largest absolute Gasteiger partial charge is 0.497 e. The van der Waals surface area contributed by atoms with Crippen molar-refractivity contribution in [2.24, 2.45) is 0 Å². The number of carboxylic acids is 1. The molecule has 2 N–H and O–H groups in total. The number of methoxy groups -OCH3 is 1. The molecule has 168 valence electrons. The summed E-state index contributed by atoms with van der Waals surface area (Å²) < 4.78 is 11.4. The normalized spacial score (nSPS) is 10.7. The minimum atomic E-state index is -0.769. The maximum Gasteiger partial charge on any atom is 0.303 e. The van der Waals surface area contributed by atoms with Gasteiger partial charge in [-0.2, -0.15) is 0 Å². The molecule has 0 radical (unpaired) electrons. The first-order valence-electron chi connectivity index (χ1n) is 10.8. The number of ether oxygens (including phenoxy) is 1. The average molecular weight is 436 g/mol. The predicted molar refractivity (Wildman–Crippen MR) is 124 cm³/mol. The van der Waals surface area contributed by atoms with Crippen molar-refractivity contribution in [1.29, 1.82) is 0 Å². The van der Waals surface area contributed by atoms with Crippen LogP contribution < -0.4 is 10.1 Å². The molecule has 0 aliphatic heterocycles. The number of benzene rings is 2. The lowest BCUT2D eigenvalue weighted by molar-refractivity contribution is -0.137. The van der Waals surface area contributed by atoms with Gasteiger partial charge in [-0.3, -0.25) is 9.59 Å². The molecule has 0 spiro atoms. The Balaban J connectivity index is 1.81. The molecule has 0 aliphatic rings. The lowest BCUT2D eigenvalue weighted by atomic mass is 9.96. The smallest absolute Gasteiger partial charge is 0.303 e. The van der Waals surface area contributed by atoms with Gasteiger partial charge < -0.3 is 19.6 Å². The van der Waals surface area contributed by atoms with Crippen molar-refractivity contribution in [3.63, 3.8) is 0 Å². The summed E-state index contributed by atoms with van der Waals surface area (Å²) in [7, 11) is 1.62. The maximum atomic E-state index is 13.1. The zero-order valence-corrected chi connectivity index (χ0v) is 18.5. The molecule has 0 bridgehead atoms. The summed E-state index contributed by atoms with van der Waals surface area (Å²) in [6.45, 7) is 2.33. The molecular formula is C26H29NO5. The highest BCUT2D eigenvalue weighted by molar-refractivity contribution is 6.05. The van der Waals surface area contributed by atoms with Gasteiger partial charge in [0.05, 0.1) is 12.7 Å². The van der Waals surface area contributed by atoms with Crippen LogP contribution in [0.25, 0.3) is 22.5 Å². The first-order valence-corrected chi connectivity index (χ1v) is 10.8. The second kappa shape index (κ2) is 11.2. The molecule has 0 unspecified atom stereocenters. The Bertz CT molecular complexity index is 1040. The Hall–Kier alpha value is -3.54. The van der Waals surface area contributed by atoms with E-state index in [2.05, 4.69) is 5.32 Å². The molecule has 1 aromatic heterocycles. The van der Waals surface area contributed by atoms with Crippen LogP contribution in [0.1, 0.15) is 48.2 Å². The number of aliphatic carboxylic acids is 1. The van der Waals surface area contributed by atoms with Gasteiger partial charge in [0.1, 0.15) is 17.3 Å². The third-order valence-electron chi connectivity index (χ3n) is 5.33. The van der Waals surface area contributed by atoms with E-state index in [1.54, 1.807) is 14.0 Å². The third kappa shape index (κ3) is 5.78. The van der Waals surface area contributed by atoms with Gasteiger partial charge >= 0.3 is 5.97 Å². The summed E-state index contributed by atoms with van der Waals surface area (Å²) in [6, 6.07) is 17.3. The molecule has 1 heterocycles. The second-order valence-electron chi connectivity index (χ2n) is 7.65. The molecular weight excluding hydrogens is 406 g/mol. The number of carbonyl (C=O) groups is 2. The zero-order valence-electron chi connectivity index (χ0n) is 18.5. The van der Waals surface area contributed by atoms with Crippen LogP contribution in [-0.2, 0) is 4.79 Å². The lowest BCUT2D eigenvalue weighted by Crippen LogP contribution is -2.25. The van der Waals surface area contributed by atoms with Crippen LogP contribution in [0, 0.1) is 6.92 Å². The van der Waals surface area contributed by atoms with E-state index in [1.807, 2.05) is 54.6 Å². The van der Waals surface area contributed by atoms with Gasteiger partial charge in [-0.05, 0) is 37.5 Å². The van der Waals surface area contributed by atoms with Crippen LogP contribution in [0.4, 0.5) is 0 Å². The number of carboxylic acid groups (broad SMARTS) is 1. The van der Waals surface area contributed by atoms with Crippen molar-refractivity contribution in [2.75, 3.05) is 13.7 Å². The molecule has 0 saturated carbocycles. The van der Waals surface area contributed by atoms with E-state index < -0.39 is 5.97 Å². The van der Waals surface area contributed by atoms with Gasteiger partial charge in [-0.25, -0.2) is 0 Å². The van der Waals surface area contributed by atoms with Crippen molar-refractivity contribution in [3.8, 4) is 28.2 Å². The molecule has 0 atom stereocenters. The number of carbonyl (C=O) groups excluding carboxylic acids is 1. The predicted octanol–water partition coefficient (Wildman–Crippen LogP) is 5.70. The number of hydrogen-bond acceptors (Lipinski definition) is 4. The van der Waals surface area contributed by atoms with Gasteiger partial charge in [0.15, 0.2) is 0 Å². The summed E-state index contributed by atoms with van der Waals surface area (Å²) >= 11 is 0. The Kier molecular flexibility index (Phi) is 8.08. The Morgan fingerprint density at radius 3 is 2.28 bits per heavy atom. The van der Waals surface area contributed by atoms with Crippen LogP contribution in [0.3, 0.4) is 0 Å². The molecule has 0 saturated heterocycles. The first-order chi connectivity index (χ1) is 15.5. The van der Waals surface area contributed by atoms with E-state index in [-0.39, 0.29) is 12.3 Å². The highest BCUT2D eigenvalue weighted by atomic mass is 16.5. The Morgan fingerprint density at radius 1 is 0.938 bits per heavy atom. The minimum Gasteiger partial charge on any atom is -0.497 e. The van der Waals surface area contributed by atoms with Crippen molar-refractivity contribution < 1.29 is 23.8 Å². The SMILES string of the molecule is COc1ccc(-c2c(-c3ccccc3)oc(C)c2C(=O)NCCCCCCC(=O)O)cc1. The number of rotatable bonds is 11. The van der Waals surface area contributed by atoms with Gasteiger partial charge in [-0.1, -0.05) is 55.3 Å². The lowest BCUT2D eigenvalue weighted by Gasteiger charge is -2.09. The number of furan rings is 1. The van der Waals surface area contributed by atoms with Gasteiger partial charge in [0.2, 0.25) is 0 Å². The van der Waals surface area contributed by atoms with Crippen molar-refractivity contribution in [2.45, 2.75) is 39.0 Å². The van der Waals surface area contributed by atoms with Crippen LogP contribution in [0.2, 0.25) is 0 Å². The van der Waals surface area contributed by atoms with Gasteiger partial charge in [0, 0.05) is 24.1 Å². The van der Waals surface area contributed by atoms with E-state index in [1.165, 1.54) is 0 Å². The Labute approximate surface area is 188 Å². The summed E-state index contributed by atoms with van der Waals surface area (Å²) in [5, 5.41) is 11.7. The van der Waals surface area contributed by atoms with Gasteiger partial charge in [-0.15, -0.1) is 0 Å². The molecule has 32 heavy (non-hydrogen) atoms. The van der Waals surface area contributed by atoms with Crippen molar-refractivity contribution >= 4 is 11.9 Å². The van der Waals surface area contributed by atoms with Crippen LogP contribution in [0.5, 0.6) is 5.75 Å². The fourth-order valence-electron chi connectivity index (χ4n) is 3.69.